The van der Waals surface area contributed by atoms with E-state index in [-0.39, 0.29) is 12.0 Å². The van der Waals surface area contributed by atoms with Gasteiger partial charge in [0.1, 0.15) is 5.75 Å². The molecule has 2 rings (SSSR count). The van der Waals surface area contributed by atoms with Crippen molar-refractivity contribution in [2.24, 2.45) is 0 Å². The van der Waals surface area contributed by atoms with Crippen molar-refractivity contribution in [2.75, 3.05) is 5.32 Å². The molecule has 116 valence electrons. The predicted octanol–water partition coefficient (Wildman–Crippen LogP) is 5.11. The van der Waals surface area contributed by atoms with Gasteiger partial charge in [-0.05, 0) is 69.2 Å². The Balaban J connectivity index is 2.23. The molecule has 1 N–H and O–H groups in total. The summed E-state index contributed by atoms with van der Waals surface area (Å²) in [4.78, 5) is 12.5. The number of carbonyl (C=O) groups excluding carboxylic acids is 1. The fourth-order valence-electron chi connectivity index (χ4n) is 2.28. The maximum atomic E-state index is 12.5. The zero-order valence-corrected chi connectivity index (χ0v) is 14.8. The number of ether oxygens (including phenoxy) is 1. The Morgan fingerprint density at radius 1 is 1.14 bits per heavy atom. The van der Waals surface area contributed by atoms with Gasteiger partial charge in [0.05, 0.1) is 6.10 Å². The quantitative estimate of drug-likeness (QED) is 0.821. The van der Waals surface area contributed by atoms with Crippen LogP contribution in [0.3, 0.4) is 0 Å². The van der Waals surface area contributed by atoms with Crippen LogP contribution in [0.1, 0.15) is 35.3 Å². The number of benzene rings is 2. The van der Waals surface area contributed by atoms with E-state index in [1.54, 1.807) is 12.1 Å². The summed E-state index contributed by atoms with van der Waals surface area (Å²) >= 11 is 3.46. The lowest BCUT2D eigenvalue weighted by Crippen LogP contribution is -2.14. The van der Waals surface area contributed by atoms with Crippen molar-refractivity contribution in [3.63, 3.8) is 0 Å². The van der Waals surface area contributed by atoms with Crippen LogP contribution >= 0.6 is 15.9 Å². The molecule has 2 aromatic carbocycles. The topological polar surface area (TPSA) is 38.3 Å². The highest BCUT2D eigenvalue weighted by atomic mass is 79.9. The van der Waals surface area contributed by atoms with Gasteiger partial charge in [0.2, 0.25) is 0 Å². The minimum Gasteiger partial charge on any atom is -0.491 e. The number of hydrogen-bond acceptors (Lipinski definition) is 2. The van der Waals surface area contributed by atoms with Crippen molar-refractivity contribution in [2.45, 2.75) is 33.8 Å². The van der Waals surface area contributed by atoms with Gasteiger partial charge in [0.25, 0.3) is 5.91 Å². The Bertz CT molecular complexity index is 672. The van der Waals surface area contributed by atoms with Crippen LogP contribution in [0.5, 0.6) is 5.75 Å². The van der Waals surface area contributed by atoms with E-state index in [0.717, 1.165) is 21.3 Å². The lowest BCUT2D eigenvalue weighted by molar-refractivity contribution is 0.102. The standard InChI is InChI=1S/C18H20BrNO2/c1-11(2)22-16-7-5-6-14(10-16)18(21)20-17-12(3)8-15(19)9-13(17)4/h5-11H,1-4H3,(H,20,21). The summed E-state index contributed by atoms with van der Waals surface area (Å²) in [6, 6.07) is 11.2. The molecule has 0 aliphatic heterocycles. The van der Waals surface area contributed by atoms with Crippen LogP contribution in [-0.4, -0.2) is 12.0 Å². The fraction of sp³-hybridized carbons (Fsp3) is 0.278. The highest BCUT2D eigenvalue weighted by molar-refractivity contribution is 9.10. The Hall–Kier alpha value is -1.81. The fourth-order valence-corrected chi connectivity index (χ4v) is 2.96. The molecule has 0 saturated carbocycles. The number of hydrogen-bond donors (Lipinski definition) is 1. The zero-order chi connectivity index (χ0) is 16.3. The lowest BCUT2D eigenvalue weighted by atomic mass is 10.1. The summed E-state index contributed by atoms with van der Waals surface area (Å²) < 4.78 is 6.64. The van der Waals surface area contributed by atoms with Crippen LogP contribution in [-0.2, 0) is 0 Å². The van der Waals surface area contributed by atoms with Crippen LogP contribution in [0.15, 0.2) is 40.9 Å². The van der Waals surface area contributed by atoms with E-state index < -0.39 is 0 Å². The molecule has 0 saturated heterocycles. The molecule has 0 aromatic heterocycles. The molecule has 0 fully saturated rings. The van der Waals surface area contributed by atoms with E-state index in [0.29, 0.717) is 11.3 Å². The highest BCUT2D eigenvalue weighted by Crippen LogP contribution is 2.26. The second-order valence-corrected chi connectivity index (χ2v) is 6.48. The maximum absolute atomic E-state index is 12.5. The maximum Gasteiger partial charge on any atom is 0.255 e. The van der Waals surface area contributed by atoms with Gasteiger partial charge < -0.3 is 10.1 Å². The number of carbonyl (C=O) groups is 1. The van der Waals surface area contributed by atoms with Gasteiger partial charge in [-0.3, -0.25) is 4.79 Å². The van der Waals surface area contributed by atoms with Crippen molar-refractivity contribution >= 4 is 27.5 Å². The first-order valence-electron chi connectivity index (χ1n) is 7.21. The molecule has 0 radical (unpaired) electrons. The van der Waals surface area contributed by atoms with E-state index in [2.05, 4.69) is 21.2 Å². The smallest absolute Gasteiger partial charge is 0.255 e. The third-order valence-corrected chi connectivity index (χ3v) is 3.66. The second-order valence-electron chi connectivity index (χ2n) is 5.56. The average molecular weight is 362 g/mol. The molecular weight excluding hydrogens is 342 g/mol. The van der Waals surface area contributed by atoms with E-state index in [1.165, 1.54) is 0 Å². The SMILES string of the molecule is Cc1cc(Br)cc(C)c1NC(=O)c1cccc(OC(C)C)c1. The minimum absolute atomic E-state index is 0.0780. The van der Waals surface area contributed by atoms with Crippen LogP contribution in [0.4, 0.5) is 5.69 Å². The number of anilines is 1. The molecule has 0 bridgehead atoms. The van der Waals surface area contributed by atoms with Gasteiger partial charge >= 0.3 is 0 Å². The zero-order valence-electron chi connectivity index (χ0n) is 13.2. The largest absolute Gasteiger partial charge is 0.491 e. The average Bonchev–Trinajstić information content (AvgIpc) is 2.42. The van der Waals surface area contributed by atoms with Gasteiger partial charge in [0.15, 0.2) is 0 Å². The van der Waals surface area contributed by atoms with Crippen LogP contribution in [0.25, 0.3) is 0 Å². The Morgan fingerprint density at radius 3 is 2.36 bits per heavy atom. The van der Waals surface area contributed by atoms with Crippen molar-refractivity contribution in [3.8, 4) is 5.75 Å². The summed E-state index contributed by atoms with van der Waals surface area (Å²) in [5.41, 5.74) is 3.48. The summed E-state index contributed by atoms with van der Waals surface area (Å²) in [7, 11) is 0. The molecule has 22 heavy (non-hydrogen) atoms. The van der Waals surface area contributed by atoms with Crippen molar-refractivity contribution in [1.82, 2.24) is 0 Å². The van der Waals surface area contributed by atoms with Gasteiger partial charge in [0, 0.05) is 15.7 Å². The van der Waals surface area contributed by atoms with Crippen molar-refractivity contribution in [1.29, 1.82) is 0 Å². The number of rotatable bonds is 4. The predicted molar refractivity (Wildman–Crippen MR) is 93.8 cm³/mol. The molecule has 0 aliphatic rings. The van der Waals surface area contributed by atoms with Crippen LogP contribution in [0.2, 0.25) is 0 Å². The third-order valence-electron chi connectivity index (χ3n) is 3.20. The normalized spacial score (nSPS) is 10.6. The number of aryl methyl sites for hydroxylation is 2. The molecule has 0 spiro atoms. The Morgan fingerprint density at radius 2 is 1.77 bits per heavy atom. The molecule has 0 aliphatic carbocycles. The lowest BCUT2D eigenvalue weighted by Gasteiger charge is -2.14. The first-order chi connectivity index (χ1) is 10.4. The third kappa shape index (κ3) is 4.10. The van der Waals surface area contributed by atoms with E-state index in [4.69, 9.17) is 4.74 Å². The van der Waals surface area contributed by atoms with E-state index >= 15 is 0 Å². The molecule has 1 amide bonds. The molecule has 4 heteroatoms. The van der Waals surface area contributed by atoms with Crippen molar-refractivity contribution in [3.05, 3.63) is 57.6 Å². The summed E-state index contributed by atoms with van der Waals surface area (Å²) in [5, 5.41) is 2.99. The van der Waals surface area contributed by atoms with E-state index in [9.17, 15) is 4.79 Å². The van der Waals surface area contributed by atoms with Crippen molar-refractivity contribution < 1.29 is 9.53 Å². The first kappa shape index (κ1) is 16.6. The molecule has 2 aromatic rings. The Kier molecular flexibility index (Phi) is 5.24. The second kappa shape index (κ2) is 6.97. The van der Waals surface area contributed by atoms with E-state index in [1.807, 2.05) is 52.0 Å². The van der Waals surface area contributed by atoms with Gasteiger partial charge in [-0.25, -0.2) is 0 Å². The van der Waals surface area contributed by atoms with Gasteiger partial charge in [-0.1, -0.05) is 22.0 Å². The molecular formula is C18H20BrNO2. The molecule has 0 unspecified atom stereocenters. The highest BCUT2D eigenvalue weighted by Gasteiger charge is 2.11. The summed E-state index contributed by atoms with van der Waals surface area (Å²) in [6.45, 7) is 7.87. The number of halogens is 1. The minimum atomic E-state index is -0.136. The van der Waals surface area contributed by atoms with Gasteiger partial charge in [-0.2, -0.15) is 0 Å². The molecule has 0 heterocycles. The number of nitrogens with one attached hydrogen (secondary N) is 1. The summed E-state index contributed by atoms with van der Waals surface area (Å²) in [6.07, 6.45) is 0.0780. The first-order valence-corrected chi connectivity index (χ1v) is 8.01. The summed E-state index contributed by atoms with van der Waals surface area (Å²) in [5.74, 6) is 0.564. The Labute approximate surface area is 139 Å². The number of amides is 1. The monoisotopic (exact) mass is 361 g/mol. The van der Waals surface area contributed by atoms with Gasteiger partial charge in [-0.15, -0.1) is 0 Å². The molecule has 3 nitrogen and oxygen atoms in total. The van der Waals surface area contributed by atoms with Crippen LogP contribution in [0, 0.1) is 13.8 Å². The molecule has 0 atom stereocenters. The van der Waals surface area contributed by atoms with Crippen LogP contribution < -0.4 is 10.1 Å².